The highest BCUT2D eigenvalue weighted by Gasteiger charge is 2.35. The van der Waals surface area contributed by atoms with Crippen LogP contribution in [0.1, 0.15) is 16.1 Å². The van der Waals surface area contributed by atoms with Crippen LogP contribution in [0.15, 0.2) is 46.4 Å². The summed E-state index contributed by atoms with van der Waals surface area (Å²) in [6.45, 7) is 0. The third-order valence-corrected chi connectivity index (χ3v) is 3.52. The molecule has 1 aliphatic rings. The maximum absolute atomic E-state index is 12.4. The van der Waals surface area contributed by atoms with Gasteiger partial charge in [-0.25, -0.2) is 9.80 Å². The number of hydrogen-bond donors (Lipinski definition) is 1. The van der Waals surface area contributed by atoms with E-state index in [4.69, 9.17) is 4.42 Å². The molecule has 0 unspecified atom stereocenters. The summed E-state index contributed by atoms with van der Waals surface area (Å²) in [6, 6.07) is 8.21. The molecule has 1 aromatic heterocycles. The highest BCUT2D eigenvalue weighted by molar-refractivity contribution is 6.31. The minimum Gasteiger partial charge on any atom is -0.465 e. The third-order valence-electron chi connectivity index (χ3n) is 3.52. The fourth-order valence-electron chi connectivity index (χ4n) is 2.26. The van der Waals surface area contributed by atoms with Crippen molar-refractivity contribution in [2.45, 2.75) is 0 Å². The second kappa shape index (κ2) is 6.51. The molecule has 0 bridgehead atoms. The van der Waals surface area contributed by atoms with E-state index >= 15 is 0 Å². The SMILES string of the molecule is COC(=O)c1ccc(N2NC(=O)/C(=C\c3ccc([N+](=O)[O-])o3)C2=O)cc1. The lowest BCUT2D eigenvalue weighted by molar-refractivity contribution is -0.402. The van der Waals surface area contributed by atoms with Crippen LogP contribution < -0.4 is 10.4 Å². The Hall–Kier alpha value is -3.95. The summed E-state index contributed by atoms with van der Waals surface area (Å²) in [6.07, 6.45) is 1.12. The number of hydrogen-bond acceptors (Lipinski definition) is 7. The predicted octanol–water partition coefficient (Wildman–Crippen LogP) is 1.44. The Morgan fingerprint density at radius 2 is 1.92 bits per heavy atom. The number of benzene rings is 1. The van der Waals surface area contributed by atoms with Crippen LogP contribution in [0, 0.1) is 10.1 Å². The van der Waals surface area contributed by atoms with Crippen molar-refractivity contribution in [3.8, 4) is 0 Å². The number of anilines is 1. The van der Waals surface area contributed by atoms with Crippen LogP contribution in [0.25, 0.3) is 6.08 Å². The molecule has 1 aromatic carbocycles. The van der Waals surface area contributed by atoms with Crippen molar-refractivity contribution in [2.24, 2.45) is 0 Å². The smallest absolute Gasteiger partial charge is 0.433 e. The Kier molecular flexibility index (Phi) is 4.23. The quantitative estimate of drug-likeness (QED) is 0.288. The first-order chi connectivity index (χ1) is 12.4. The van der Waals surface area contributed by atoms with Gasteiger partial charge in [-0.1, -0.05) is 0 Å². The van der Waals surface area contributed by atoms with Gasteiger partial charge in [0.2, 0.25) is 0 Å². The number of furan rings is 1. The Morgan fingerprint density at radius 1 is 1.23 bits per heavy atom. The number of nitrogens with zero attached hydrogens (tertiary/aromatic N) is 2. The summed E-state index contributed by atoms with van der Waals surface area (Å²) in [4.78, 5) is 45.8. The van der Waals surface area contributed by atoms with Gasteiger partial charge in [0.05, 0.1) is 24.4 Å². The van der Waals surface area contributed by atoms with Gasteiger partial charge in [-0.15, -0.1) is 0 Å². The molecule has 10 heteroatoms. The van der Waals surface area contributed by atoms with Gasteiger partial charge >= 0.3 is 11.9 Å². The molecule has 2 heterocycles. The number of methoxy groups -OCH3 is 1. The van der Waals surface area contributed by atoms with Crippen LogP contribution in [0.3, 0.4) is 0 Å². The Morgan fingerprint density at radius 3 is 2.50 bits per heavy atom. The summed E-state index contributed by atoms with van der Waals surface area (Å²) in [7, 11) is 1.25. The predicted molar refractivity (Wildman–Crippen MR) is 86.7 cm³/mol. The van der Waals surface area contributed by atoms with Gasteiger partial charge in [0.1, 0.15) is 16.3 Å². The van der Waals surface area contributed by atoms with Crippen molar-refractivity contribution in [1.82, 2.24) is 5.43 Å². The maximum Gasteiger partial charge on any atom is 0.433 e. The van der Waals surface area contributed by atoms with Crippen LogP contribution in [0.2, 0.25) is 0 Å². The zero-order chi connectivity index (χ0) is 18.8. The summed E-state index contributed by atoms with van der Waals surface area (Å²) in [5, 5.41) is 11.6. The van der Waals surface area contributed by atoms with Crippen LogP contribution in [0.4, 0.5) is 11.6 Å². The standard InChI is InChI=1S/C16H11N3O7/c1-25-16(22)9-2-4-10(5-3-9)18-15(21)12(14(20)17-18)8-11-6-7-13(26-11)19(23)24/h2-8H,1H3,(H,17,20)/b12-8+. The molecule has 2 amide bonds. The zero-order valence-electron chi connectivity index (χ0n) is 13.3. The molecule has 1 N–H and O–H groups in total. The number of ether oxygens (including phenoxy) is 1. The van der Waals surface area contributed by atoms with E-state index in [1.54, 1.807) is 0 Å². The average molecular weight is 357 g/mol. The van der Waals surface area contributed by atoms with E-state index < -0.39 is 28.6 Å². The molecule has 132 valence electrons. The highest BCUT2D eigenvalue weighted by atomic mass is 16.6. The van der Waals surface area contributed by atoms with Crippen LogP contribution in [-0.2, 0) is 14.3 Å². The Balaban J connectivity index is 1.85. The maximum atomic E-state index is 12.4. The van der Waals surface area contributed by atoms with Crippen molar-refractivity contribution < 1.29 is 28.5 Å². The number of nitrogens with one attached hydrogen (secondary N) is 1. The van der Waals surface area contributed by atoms with Crippen molar-refractivity contribution in [1.29, 1.82) is 0 Å². The molecular formula is C16H11N3O7. The fraction of sp³-hybridized carbons (Fsp3) is 0.0625. The number of amides is 2. The second-order valence-corrected chi connectivity index (χ2v) is 5.11. The van der Waals surface area contributed by atoms with E-state index in [-0.39, 0.29) is 16.9 Å². The lowest BCUT2D eigenvalue weighted by Crippen LogP contribution is -2.35. The molecule has 2 aromatic rings. The summed E-state index contributed by atoms with van der Waals surface area (Å²) in [5.41, 5.74) is 2.73. The van der Waals surface area contributed by atoms with Crippen molar-refractivity contribution in [3.63, 3.8) is 0 Å². The summed E-state index contributed by atoms with van der Waals surface area (Å²) < 4.78 is 9.51. The van der Waals surface area contributed by atoms with Crippen LogP contribution in [-0.4, -0.2) is 29.8 Å². The number of nitro groups is 1. The monoisotopic (exact) mass is 357 g/mol. The van der Waals surface area contributed by atoms with E-state index in [0.717, 1.165) is 17.2 Å². The van der Waals surface area contributed by atoms with Crippen LogP contribution in [0.5, 0.6) is 0 Å². The number of carbonyl (C=O) groups is 3. The van der Waals surface area contributed by atoms with E-state index in [9.17, 15) is 24.5 Å². The molecule has 1 saturated heterocycles. The first-order valence-electron chi connectivity index (χ1n) is 7.20. The molecule has 0 radical (unpaired) electrons. The van der Waals surface area contributed by atoms with E-state index in [1.807, 2.05) is 0 Å². The molecule has 1 aliphatic heterocycles. The first-order valence-corrected chi connectivity index (χ1v) is 7.20. The molecule has 3 rings (SSSR count). The molecule has 1 fully saturated rings. The van der Waals surface area contributed by atoms with E-state index in [1.165, 1.54) is 37.4 Å². The number of rotatable bonds is 4. The summed E-state index contributed by atoms with van der Waals surface area (Å²) >= 11 is 0. The molecular weight excluding hydrogens is 346 g/mol. The number of hydrazine groups is 1. The van der Waals surface area contributed by atoms with Gasteiger partial charge in [-0.05, 0) is 36.4 Å². The Labute approximate surface area is 145 Å². The van der Waals surface area contributed by atoms with Crippen molar-refractivity contribution in [2.75, 3.05) is 12.1 Å². The van der Waals surface area contributed by atoms with Crippen molar-refractivity contribution in [3.05, 3.63) is 63.4 Å². The van der Waals surface area contributed by atoms with E-state index in [0.29, 0.717) is 5.69 Å². The second-order valence-electron chi connectivity index (χ2n) is 5.11. The largest absolute Gasteiger partial charge is 0.465 e. The molecule has 0 aliphatic carbocycles. The van der Waals surface area contributed by atoms with Gasteiger partial charge in [-0.2, -0.15) is 0 Å². The Bertz CT molecular complexity index is 943. The molecule has 0 spiro atoms. The number of esters is 1. The molecule has 0 atom stereocenters. The van der Waals surface area contributed by atoms with Gasteiger partial charge in [0.15, 0.2) is 0 Å². The molecule has 26 heavy (non-hydrogen) atoms. The number of carbonyl (C=O) groups excluding carboxylic acids is 3. The normalized spacial score (nSPS) is 15.3. The highest BCUT2D eigenvalue weighted by Crippen LogP contribution is 2.24. The van der Waals surface area contributed by atoms with E-state index in [2.05, 4.69) is 10.2 Å². The summed E-state index contributed by atoms with van der Waals surface area (Å²) in [5.74, 6) is -2.39. The van der Waals surface area contributed by atoms with Gasteiger partial charge in [-0.3, -0.25) is 25.1 Å². The zero-order valence-corrected chi connectivity index (χ0v) is 13.3. The minimum atomic E-state index is -0.728. The topological polar surface area (TPSA) is 132 Å². The molecule has 10 nitrogen and oxygen atoms in total. The van der Waals surface area contributed by atoms with Gasteiger partial charge in [0, 0.05) is 0 Å². The lowest BCUT2D eigenvalue weighted by atomic mass is 10.2. The third kappa shape index (κ3) is 3.02. The van der Waals surface area contributed by atoms with Gasteiger partial charge in [0.25, 0.3) is 11.8 Å². The minimum absolute atomic E-state index is 0.00177. The lowest BCUT2D eigenvalue weighted by Gasteiger charge is -2.14. The first kappa shape index (κ1) is 16.9. The van der Waals surface area contributed by atoms with Gasteiger partial charge < -0.3 is 9.15 Å². The fourth-order valence-corrected chi connectivity index (χ4v) is 2.26. The van der Waals surface area contributed by atoms with Crippen LogP contribution >= 0.6 is 0 Å². The van der Waals surface area contributed by atoms with Crippen molar-refractivity contribution >= 4 is 35.4 Å². The average Bonchev–Trinajstić information content (AvgIpc) is 3.22. The molecule has 0 saturated carbocycles.